The number of aryl methyl sites for hydroxylation is 1. The third kappa shape index (κ3) is 3.25. The smallest absolute Gasteiger partial charge is 0.305 e. The van der Waals surface area contributed by atoms with E-state index in [1.807, 2.05) is 14.1 Å². The van der Waals surface area contributed by atoms with Gasteiger partial charge in [-0.15, -0.1) is 0 Å². The van der Waals surface area contributed by atoms with Crippen molar-refractivity contribution >= 4 is 22.4 Å². The molecule has 2 aromatic rings. The van der Waals surface area contributed by atoms with Crippen molar-refractivity contribution in [2.24, 2.45) is 0 Å². The van der Waals surface area contributed by atoms with Crippen molar-refractivity contribution in [1.29, 1.82) is 0 Å². The molecule has 0 aliphatic heterocycles. The fraction of sp³-hybridized carbons (Fsp3) is 0.312. The molecule has 3 nitrogen and oxygen atoms in total. The van der Waals surface area contributed by atoms with E-state index >= 15 is 0 Å². The van der Waals surface area contributed by atoms with Crippen LogP contribution in [0.25, 0.3) is 10.8 Å². The lowest BCUT2D eigenvalue weighted by Crippen LogP contribution is -2.08. The minimum Gasteiger partial charge on any atom is -0.469 e. The first-order chi connectivity index (χ1) is 9.10. The van der Waals surface area contributed by atoms with Crippen LogP contribution in [0.3, 0.4) is 0 Å². The van der Waals surface area contributed by atoms with Crippen LogP contribution >= 0.6 is 0 Å². The zero-order valence-electron chi connectivity index (χ0n) is 11.6. The highest BCUT2D eigenvalue weighted by Gasteiger charge is 2.03. The number of carbonyl (C=O) groups excluding carboxylic acids is 1. The van der Waals surface area contributed by atoms with E-state index in [1.165, 1.54) is 23.6 Å². The molecule has 0 unspecified atom stereocenters. The molecule has 0 aliphatic rings. The molecule has 2 aromatic carbocycles. The molecule has 3 heteroatoms. The fourth-order valence-corrected chi connectivity index (χ4v) is 2.06. The lowest BCUT2D eigenvalue weighted by Gasteiger charge is -2.13. The van der Waals surface area contributed by atoms with Gasteiger partial charge in [-0.1, -0.05) is 24.3 Å². The van der Waals surface area contributed by atoms with Gasteiger partial charge in [-0.25, -0.2) is 0 Å². The van der Waals surface area contributed by atoms with E-state index in [9.17, 15) is 4.79 Å². The molecule has 0 heterocycles. The van der Waals surface area contributed by atoms with Crippen LogP contribution in [-0.2, 0) is 16.0 Å². The molecule has 0 atom stereocenters. The second-order valence-electron chi connectivity index (χ2n) is 4.84. The third-order valence-corrected chi connectivity index (χ3v) is 3.25. The Morgan fingerprint density at radius 3 is 2.47 bits per heavy atom. The number of benzene rings is 2. The molecule has 0 N–H and O–H groups in total. The van der Waals surface area contributed by atoms with Gasteiger partial charge in [-0.05, 0) is 34.9 Å². The lowest BCUT2D eigenvalue weighted by atomic mass is 10.0. The van der Waals surface area contributed by atoms with Gasteiger partial charge in [0.05, 0.1) is 7.11 Å². The monoisotopic (exact) mass is 257 g/mol. The van der Waals surface area contributed by atoms with Crippen LogP contribution in [0.4, 0.5) is 5.69 Å². The first-order valence-electron chi connectivity index (χ1n) is 6.37. The van der Waals surface area contributed by atoms with Crippen LogP contribution < -0.4 is 4.90 Å². The fourth-order valence-electron chi connectivity index (χ4n) is 2.06. The van der Waals surface area contributed by atoms with E-state index in [1.54, 1.807) is 0 Å². The van der Waals surface area contributed by atoms with Crippen LogP contribution in [0, 0.1) is 0 Å². The lowest BCUT2D eigenvalue weighted by molar-refractivity contribution is -0.140. The zero-order chi connectivity index (χ0) is 13.8. The Kier molecular flexibility index (Phi) is 4.05. The number of esters is 1. The highest BCUT2D eigenvalue weighted by Crippen LogP contribution is 2.22. The number of carbonyl (C=O) groups is 1. The molecule has 2 rings (SSSR count). The molecule has 0 aliphatic carbocycles. The van der Waals surface area contributed by atoms with Crippen LogP contribution in [0.1, 0.15) is 12.0 Å². The number of fused-ring (bicyclic) bond motifs is 1. The summed E-state index contributed by atoms with van der Waals surface area (Å²) < 4.78 is 4.66. The Bertz CT molecular complexity index is 590. The number of nitrogens with zero attached hydrogens (tertiary/aromatic N) is 1. The molecular weight excluding hydrogens is 238 g/mol. The van der Waals surface area contributed by atoms with E-state index in [4.69, 9.17) is 0 Å². The van der Waals surface area contributed by atoms with E-state index in [0.717, 1.165) is 12.0 Å². The maximum absolute atomic E-state index is 11.1. The summed E-state index contributed by atoms with van der Waals surface area (Å²) in [5.41, 5.74) is 2.35. The van der Waals surface area contributed by atoms with Gasteiger partial charge in [0, 0.05) is 26.2 Å². The summed E-state index contributed by atoms with van der Waals surface area (Å²) >= 11 is 0. The van der Waals surface area contributed by atoms with Crippen molar-refractivity contribution in [3.8, 4) is 0 Å². The largest absolute Gasteiger partial charge is 0.469 e. The minimum atomic E-state index is -0.164. The average Bonchev–Trinajstić information content (AvgIpc) is 2.43. The molecule has 0 saturated carbocycles. The Morgan fingerprint density at radius 1 is 1.11 bits per heavy atom. The quantitative estimate of drug-likeness (QED) is 0.789. The van der Waals surface area contributed by atoms with Crippen molar-refractivity contribution in [1.82, 2.24) is 0 Å². The predicted molar refractivity (Wildman–Crippen MR) is 78.6 cm³/mol. The first-order valence-corrected chi connectivity index (χ1v) is 6.37. The van der Waals surface area contributed by atoms with Gasteiger partial charge < -0.3 is 9.64 Å². The number of rotatable bonds is 4. The highest BCUT2D eigenvalue weighted by molar-refractivity contribution is 5.86. The van der Waals surface area contributed by atoms with E-state index < -0.39 is 0 Å². The molecule has 0 saturated heterocycles. The topological polar surface area (TPSA) is 29.5 Å². The van der Waals surface area contributed by atoms with Gasteiger partial charge in [-0.2, -0.15) is 0 Å². The number of hydrogen-bond donors (Lipinski definition) is 0. The number of anilines is 1. The van der Waals surface area contributed by atoms with Crippen molar-refractivity contribution in [2.75, 3.05) is 26.1 Å². The molecule has 0 spiro atoms. The summed E-state index contributed by atoms with van der Waals surface area (Å²) in [6, 6.07) is 12.7. The first kappa shape index (κ1) is 13.4. The maximum Gasteiger partial charge on any atom is 0.305 e. The average molecular weight is 257 g/mol. The Labute approximate surface area is 113 Å². The van der Waals surface area contributed by atoms with Crippen LogP contribution in [0.2, 0.25) is 0 Å². The summed E-state index contributed by atoms with van der Waals surface area (Å²) in [6.07, 6.45) is 1.15. The van der Waals surface area contributed by atoms with Crippen molar-refractivity contribution in [3.63, 3.8) is 0 Å². The highest BCUT2D eigenvalue weighted by atomic mass is 16.5. The molecule has 0 amide bonds. The summed E-state index contributed by atoms with van der Waals surface area (Å²) in [5, 5.41) is 2.42. The van der Waals surface area contributed by atoms with Crippen LogP contribution in [0.15, 0.2) is 36.4 Å². The van der Waals surface area contributed by atoms with Crippen LogP contribution in [0.5, 0.6) is 0 Å². The van der Waals surface area contributed by atoms with Crippen molar-refractivity contribution in [2.45, 2.75) is 12.8 Å². The van der Waals surface area contributed by atoms with E-state index in [-0.39, 0.29) is 5.97 Å². The molecule has 19 heavy (non-hydrogen) atoms. The summed E-state index contributed by atoms with van der Waals surface area (Å²) in [4.78, 5) is 13.2. The molecular formula is C16H19NO2. The molecule has 0 radical (unpaired) electrons. The zero-order valence-corrected chi connectivity index (χ0v) is 11.6. The van der Waals surface area contributed by atoms with Gasteiger partial charge in [0.25, 0.3) is 0 Å². The standard InChI is InChI=1S/C16H19NO2/c1-17(2)15-8-7-13-10-12(4-6-14(13)11-15)5-9-16(18)19-3/h4,6-8,10-11H,5,9H2,1-3H3. The normalized spacial score (nSPS) is 10.5. The minimum absolute atomic E-state index is 0.164. The third-order valence-electron chi connectivity index (χ3n) is 3.25. The number of ether oxygens (including phenoxy) is 1. The second kappa shape index (κ2) is 5.74. The van der Waals surface area contributed by atoms with Gasteiger partial charge in [0.2, 0.25) is 0 Å². The molecule has 0 bridgehead atoms. The van der Waals surface area contributed by atoms with E-state index in [2.05, 4.69) is 46.0 Å². The second-order valence-corrected chi connectivity index (χ2v) is 4.84. The number of methoxy groups -OCH3 is 1. The molecule has 100 valence electrons. The van der Waals surface area contributed by atoms with Gasteiger partial charge in [0.15, 0.2) is 0 Å². The van der Waals surface area contributed by atoms with Gasteiger partial charge >= 0.3 is 5.97 Å². The molecule has 0 fully saturated rings. The van der Waals surface area contributed by atoms with E-state index in [0.29, 0.717) is 6.42 Å². The Morgan fingerprint density at radius 2 is 1.79 bits per heavy atom. The van der Waals surface area contributed by atoms with Gasteiger partial charge in [-0.3, -0.25) is 4.79 Å². The maximum atomic E-state index is 11.1. The number of hydrogen-bond acceptors (Lipinski definition) is 3. The predicted octanol–water partition coefficient (Wildman–Crippen LogP) is 3.01. The van der Waals surface area contributed by atoms with Crippen molar-refractivity contribution < 1.29 is 9.53 Å². The van der Waals surface area contributed by atoms with Crippen LogP contribution in [-0.4, -0.2) is 27.2 Å². The Balaban J connectivity index is 2.21. The summed E-state index contributed by atoms with van der Waals surface area (Å²) in [6.45, 7) is 0. The SMILES string of the molecule is COC(=O)CCc1ccc2cc(N(C)C)ccc2c1. The summed E-state index contributed by atoms with van der Waals surface area (Å²) in [5.74, 6) is -0.164. The Hall–Kier alpha value is -2.03. The molecule has 0 aromatic heterocycles. The van der Waals surface area contributed by atoms with Crippen molar-refractivity contribution in [3.05, 3.63) is 42.0 Å². The summed E-state index contributed by atoms with van der Waals surface area (Å²) in [7, 11) is 5.49. The van der Waals surface area contributed by atoms with Gasteiger partial charge in [0.1, 0.15) is 0 Å².